The maximum absolute atomic E-state index is 11.7. The van der Waals surface area contributed by atoms with Crippen molar-refractivity contribution in [2.75, 3.05) is 19.8 Å². The molecule has 5 aliphatic rings. The summed E-state index contributed by atoms with van der Waals surface area (Å²) in [7, 11) is -1.69. The first kappa shape index (κ1) is 35.6. The molecule has 0 bridgehead atoms. The van der Waals surface area contributed by atoms with E-state index in [1.165, 1.54) is 38.5 Å². The Bertz CT molecular complexity index is 994. The molecule has 0 radical (unpaired) electrons. The molecule has 5 rings (SSSR count). The number of fused-ring (bicyclic) bond motifs is 1. The third kappa shape index (κ3) is 9.91. The molecule has 0 aromatic carbocycles. The molecule has 0 aromatic heterocycles. The van der Waals surface area contributed by atoms with Crippen molar-refractivity contribution in [2.45, 2.75) is 172 Å². The summed E-state index contributed by atoms with van der Waals surface area (Å²) in [4.78, 5) is 0. The maximum Gasteiger partial charge on any atom is 0.191 e. The van der Waals surface area contributed by atoms with Crippen LogP contribution in [-0.4, -0.2) is 63.6 Å². The van der Waals surface area contributed by atoms with Gasteiger partial charge in [0.25, 0.3) is 0 Å². The first-order valence-corrected chi connectivity index (χ1v) is 21.5. The molecular formula is C38H64O6Si. The monoisotopic (exact) mass is 644 g/mol. The lowest BCUT2D eigenvalue weighted by Crippen LogP contribution is -2.40. The van der Waals surface area contributed by atoms with Gasteiger partial charge in [-0.3, -0.25) is 0 Å². The van der Waals surface area contributed by atoms with Crippen LogP contribution in [0.1, 0.15) is 124 Å². The molecule has 0 spiro atoms. The standard InChI is InChI=1S/C38H64O6Si/c1-37(2,3)45(4,5)42-25-13-7-6-12-22-38(39)27-30-26-34(44-36-19-11-15-24-41-36)31(32(30)28-38)20-21-33(29-16-8-9-17-29)43-35-18-10-14-23-40-35/h20-21,29-36,39H,6-11,13-19,23-28H2,1-5H3/b21-20+/t30-,31+,32+,33-,34+,35?,36?,38+/m1/s1. The lowest BCUT2D eigenvalue weighted by atomic mass is 9.88. The number of hydrogen-bond acceptors (Lipinski definition) is 6. The smallest absolute Gasteiger partial charge is 0.191 e. The first-order chi connectivity index (χ1) is 21.5. The topological polar surface area (TPSA) is 66.4 Å². The van der Waals surface area contributed by atoms with Gasteiger partial charge in [-0.15, -0.1) is 5.92 Å². The molecule has 45 heavy (non-hydrogen) atoms. The number of unbranched alkanes of at least 4 members (excludes halogenated alkanes) is 2. The minimum Gasteiger partial charge on any atom is -0.417 e. The second-order valence-corrected chi connectivity index (χ2v) is 21.2. The van der Waals surface area contributed by atoms with Crippen LogP contribution in [0.25, 0.3) is 0 Å². The van der Waals surface area contributed by atoms with Crippen LogP contribution in [0.4, 0.5) is 0 Å². The minimum atomic E-state index is -1.69. The van der Waals surface area contributed by atoms with Crippen LogP contribution in [0.15, 0.2) is 12.2 Å². The number of rotatable bonds is 12. The maximum atomic E-state index is 11.7. The molecule has 1 N–H and O–H groups in total. The second-order valence-electron chi connectivity index (χ2n) is 16.3. The zero-order valence-electron chi connectivity index (χ0n) is 29.2. The molecule has 2 unspecified atom stereocenters. The molecule has 2 aliphatic heterocycles. The largest absolute Gasteiger partial charge is 0.417 e. The van der Waals surface area contributed by atoms with Gasteiger partial charge in [-0.1, -0.05) is 51.7 Å². The van der Waals surface area contributed by atoms with E-state index in [9.17, 15) is 5.11 Å². The van der Waals surface area contributed by atoms with Gasteiger partial charge in [0, 0.05) is 32.2 Å². The van der Waals surface area contributed by atoms with Crippen molar-refractivity contribution < 1.29 is 28.5 Å². The Kier molecular flexibility index (Phi) is 12.7. The summed E-state index contributed by atoms with van der Waals surface area (Å²) in [5, 5.41) is 11.9. The van der Waals surface area contributed by atoms with Crippen molar-refractivity contribution >= 4 is 8.32 Å². The number of aliphatic hydroxyl groups is 1. The molecule has 3 saturated carbocycles. The van der Waals surface area contributed by atoms with Crippen LogP contribution in [0.2, 0.25) is 18.1 Å². The highest BCUT2D eigenvalue weighted by Gasteiger charge is 2.53. The predicted molar refractivity (Wildman–Crippen MR) is 182 cm³/mol. The minimum absolute atomic E-state index is 0.0847. The summed E-state index contributed by atoms with van der Waals surface area (Å²) in [6.07, 6.45) is 21.7. The van der Waals surface area contributed by atoms with Gasteiger partial charge in [0.05, 0.1) is 12.2 Å². The molecular weight excluding hydrogens is 580 g/mol. The van der Waals surface area contributed by atoms with E-state index in [0.717, 1.165) is 84.0 Å². The van der Waals surface area contributed by atoms with Crippen LogP contribution in [0.3, 0.4) is 0 Å². The van der Waals surface area contributed by atoms with Crippen molar-refractivity contribution in [3.05, 3.63) is 12.2 Å². The van der Waals surface area contributed by atoms with Crippen LogP contribution >= 0.6 is 0 Å². The molecule has 8 atom stereocenters. The number of hydrogen-bond donors (Lipinski definition) is 1. The van der Waals surface area contributed by atoms with Crippen LogP contribution in [-0.2, 0) is 23.4 Å². The highest BCUT2D eigenvalue weighted by atomic mass is 28.4. The summed E-state index contributed by atoms with van der Waals surface area (Å²) in [5.41, 5.74) is -0.900. The van der Waals surface area contributed by atoms with E-state index in [0.29, 0.717) is 17.8 Å². The lowest BCUT2D eigenvalue weighted by molar-refractivity contribution is -0.194. The number of ether oxygens (including phenoxy) is 4. The van der Waals surface area contributed by atoms with Gasteiger partial charge >= 0.3 is 0 Å². The lowest BCUT2D eigenvalue weighted by Gasteiger charge is -2.36. The molecule has 2 heterocycles. The average molecular weight is 645 g/mol. The first-order valence-electron chi connectivity index (χ1n) is 18.6. The molecule has 3 aliphatic carbocycles. The van der Waals surface area contributed by atoms with Crippen molar-refractivity contribution in [3.63, 3.8) is 0 Å². The Morgan fingerprint density at radius 1 is 0.933 bits per heavy atom. The van der Waals surface area contributed by atoms with Crippen molar-refractivity contribution in [1.29, 1.82) is 0 Å². The predicted octanol–water partition coefficient (Wildman–Crippen LogP) is 8.53. The summed E-state index contributed by atoms with van der Waals surface area (Å²) < 4.78 is 31.7. The fourth-order valence-electron chi connectivity index (χ4n) is 8.11. The average Bonchev–Trinajstić information content (AvgIpc) is 3.72. The fourth-order valence-corrected chi connectivity index (χ4v) is 9.20. The van der Waals surface area contributed by atoms with E-state index in [4.69, 9.17) is 23.4 Å². The summed E-state index contributed by atoms with van der Waals surface area (Å²) in [6.45, 7) is 13.9. The quantitative estimate of drug-likeness (QED) is 0.0994. The third-order valence-electron chi connectivity index (χ3n) is 11.8. The summed E-state index contributed by atoms with van der Waals surface area (Å²) in [6, 6.07) is 0. The third-order valence-corrected chi connectivity index (χ3v) is 16.4. The summed E-state index contributed by atoms with van der Waals surface area (Å²) in [5.74, 6) is 8.28. The highest BCUT2D eigenvalue weighted by Crippen LogP contribution is 2.53. The van der Waals surface area contributed by atoms with E-state index < -0.39 is 13.9 Å². The van der Waals surface area contributed by atoms with Crippen molar-refractivity contribution in [3.8, 4) is 11.8 Å². The normalized spacial score (nSPS) is 35.4. The van der Waals surface area contributed by atoms with E-state index in [1.807, 2.05) is 0 Å². The molecule has 0 aromatic rings. The van der Waals surface area contributed by atoms with E-state index in [-0.39, 0.29) is 35.7 Å². The molecule has 5 fully saturated rings. The second kappa shape index (κ2) is 16.1. The van der Waals surface area contributed by atoms with Crippen LogP contribution in [0, 0.1) is 35.5 Å². The Hall–Kier alpha value is -0.723. The van der Waals surface area contributed by atoms with Gasteiger partial charge in [0.2, 0.25) is 0 Å². The molecule has 256 valence electrons. The molecule has 0 amide bonds. The zero-order chi connectivity index (χ0) is 31.9. The molecule has 2 saturated heterocycles. The van der Waals surface area contributed by atoms with Crippen LogP contribution < -0.4 is 0 Å². The zero-order valence-corrected chi connectivity index (χ0v) is 30.2. The van der Waals surface area contributed by atoms with Crippen molar-refractivity contribution in [1.82, 2.24) is 0 Å². The van der Waals surface area contributed by atoms with E-state index in [1.54, 1.807) is 0 Å². The molecule has 7 heteroatoms. The van der Waals surface area contributed by atoms with Gasteiger partial charge in [-0.2, -0.15) is 0 Å². The van der Waals surface area contributed by atoms with E-state index in [2.05, 4.69) is 57.9 Å². The Labute approximate surface area is 275 Å². The van der Waals surface area contributed by atoms with Gasteiger partial charge in [-0.05, 0) is 119 Å². The van der Waals surface area contributed by atoms with Gasteiger partial charge in [0.15, 0.2) is 20.9 Å². The van der Waals surface area contributed by atoms with Crippen molar-refractivity contribution in [2.24, 2.45) is 23.7 Å². The summed E-state index contributed by atoms with van der Waals surface area (Å²) >= 11 is 0. The molecule has 6 nitrogen and oxygen atoms in total. The van der Waals surface area contributed by atoms with Crippen LogP contribution in [0.5, 0.6) is 0 Å². The van der Waals surface area contributed by atoms with Gasteiger partial charge in [0.1, 0.15) is 5.60 Å². The Morgan fingerprint density at radius 3 is 2.29 bits per heavy atom. The SMILES string of the molecule is CC(C)(C)[Si](C)(C)OCCCCC#C[C@]1(O)C[C@H]2C[C@H](OC3CCCCO3)[C@@H](/C=C/[C@@H](OC3CCCCO3)C3CCCC3)[C@H]2C1. The fraction of sp³-hybridized carbons (Fsp3) is 0.895. The Balaban J connectivity index is 1.20. The highest BCUT2D eigenvalue weighted by molar-refractivity contribution is 6.74. The van der Waals surface area contributed by atoms with Gasteiger partial charge in [-0.25, -0.2) is 0 Å². The van der Waals surface area contributed by atoms with Gasteiger partial charge < -0.3 is 28.5 Å². The Morgan fingerprint density at radius 2 is 1.62 bits per heavy atom. The van der Waals surface area contributed by atoms with E-state index >= 15 is 0 Å².